The van der Waals surface area contributed by atoms with Crippen LogP contribution in [-0.2, 0) is 16.0 Å². The molecule has 1 fully saturated rings. The highest BCUT2D eigenvalue weighted by atomic mass is 35.5. The van der Waals surface area contributed by atoms with Gasteiger partial charge in [-0.25, -0.2) is 22.2 Å². The fourth-order valence-corrected chi connectivity index (χ4v) is 5.89. The zero-order chi connectivity index (χ0) is 30.0. The van der Waals surface area contributed by atoms with Crippen molar-refractivity contribution < 1.29 is 30.4 Å². The fourth-order valence-electron chi connectivity index (χ4n) is 4.85. The van der Waals surface area contributed by atoms with E-state index in [0.29, 0.717) is 18.2 Å². The third-order valence-corrected chi connectivity index (χ3v) is 8.39. The van der Waals surface area contributed by atoms with E-state index in [1.807, 2.05) is 0 Å². The number of aromatic nitrogens is 4. The number of pyridine rings is 2. The van der Waals surface area contributed by atoms with Crippen molar-refractivity contribution >= 4 is 21.4 Å². The molecular formula is C27H20ClF5N4O3S. The number of rotatable bonds is 5. The van der Waals surface area contributed by atoms with Gasteiger partial charge in [0.2, 0.25) is 0 Å². The third-order valence-electron chi connectivity index (χ3n) is 6.89. The fraction of sp³-hybridized carbons (Fsp3) is 0.259. The van der Waals surface area contributed by atoms with Crippen LogP contribution in [0.2, 0.25) is 5.02 Å². The minimum atomic E-state index is -4.66. The first kappa shape index (κ1) is 28.8. The lowest BCUT2D eigenvalue weighted by Gasteiger charge is -2.18. The van der Waals surface area contributed by atoms with Crippen LogP contribution in [0.1, 0.15) is 46.5 Å². The molecule has 4 aromatic rings. The maximum Gasteiger partial charge on any atom is 0.434 e. The first-order valence-corrected chi connectivity index (χ1v) is 14.3. The number of alkyl halides is 3. The predicted molar refractivity (Wildman–Crippen MR) is 140 cm³/mol. The standard InChI is InChI=1S/C27H20ClF5N4O3S/c1-12-9-35-24(14-5-4-6-19(22(14)29)41(3,39)40)23(30)25(12)37-13(2)7-17(21(28)26(37)38)15-8-16(15)18-10-34-11-20(36-18)27(31,32)33/h4-7,9-11,15-16H,8H2,1-3H3/t15-,16?/m1/s1. The lowest BCUT2D eigenvalue weighted by Crippen LogP contribution is -2.24. The third kappa shape index (κ3) is 5.12. The van der Waals surface area contributed by atoms with E-state index < -0.39 is 66.9 Å². The second kappa shape index (κ2) is 9.98. The molecule has 0 saturated heterocycles. The molecule has 0 aliphatic heterocycles. The topological polar surface area (TPSA) is 94.8 Å². The molecule has 0 N–H and O–H groups in total. The molecule has 14 heteroatoms. The van der Waals surface area contributed by atoms with Crippen LogP contribution >= 0.6 is 11.6 Å². The lowest BCUT2D eigenvalue weighted by atomic mass is 10.1. The van der Waals surface area contributed by atoms with Crippen molar-refractivity contribution in [3.05, 3.63) is 98.1 Å². The molecule has 0 spiro atoms. The summed E-state index contributed by atoms with van der Waals surface area (Å²) >= 11 is 6.46. The molecule has 3 aromatic heterocycles. The smallest absolute Gasteiger partial charge is 0.277 e. The Kier molecular flexibility index (Phi) is 7.01. The average molecular weight is 611 g/mol. The van der Waals surface area contributed by atoms with Crippen LogP contribution < -0.4 is 5.56 Å². The Morgan fingerprint density at radius 2 is 1.76 bits per heavy atom. The average Bonchev–Trinajstić information content (AvgIpc) is 3.68. The van der Waals surface area contributed by atoms with Gasteiger partial charge in [0, 0.05) is 35.8 Å². The van der Waals surface area contributed by atoms with Gasteiger partial charge >= 0.3 is 6.18 Å². The van der Waals surface area contributed by atoms with Crippen LogP contribution in [0.5, 0.6) is 0 Å². The number of nitrogens with zero attached hydrogens (tertiary/aromatic N) is 4. The summed E-state index contributed by atoms with van der Waals surface area (Å²) in [4.78, 5) is 24.1. The highest BCUT2D eigenvalue weighted by Gasteiger charge is 2.44. The summed E-state index contributed by atoms with van der Waals surface area (Å²) in [7, 11) is -3.97. The van der Waals surface area contributed by atoms with Crippen molar-refractivity contribution in [2.75, 3.05) is 6.26 Å². The zero-order valence-corrected chi connectivity index (χ0v) is 23.2. The molecule has 1 saturated carbocycles. The minimum absolute atomic E-state index is 0.113. The molecule has 3 heterocycles. The van der Waals surface area contributed by atoms with Crippen LogP contribution in [0.15, 0.2) is 52.5 Å². The number of halogens is 6. The first-order valence-electron chi connectivity index (χ1n) is 12.1. The van der Waals surface area contributed by atoms with Gasteiger partial charge < -0.3 is 0 Å². The summed E-state index contributed by atoms with van der Waals surface area (Å²) in [5, 5.41) is -0.259. The SMILES string of the molecule is Cc1cnc(-c2cccc(S(C)(=O)=O)c2F)c(F)c1-n1c(C)cc([C@@H]2CC2c2cncc(C(F)(F)F)n2)c(Cl)c1=O. The van der Waals surface area contributed by atoms with E-state index in [2.05, 4.69) is 15.0 Å². The maximum absolute atomic E-state index is 16.0. The second-order valence-electron chi connectivity index (χ2n) is 9.81. The van der Waals surface area contributed by atoms with Gasteiger partial charge in [0.05, 0.1) is 17.6 Å². The van der Waals surface area contributed by atoms with Crippen molar-refractivity contribution in [2.45, 2.75) is 43.2 Å². The summed E-state index contributed by atoms with van der Waals surface area (Å²) in [6.07, 6.45) is -0.392. The monoisotopic (exact) mass is 610 g/mol. The Balaban J connectivity index is 1.58. The van der Waals surface area contributed by atoms with Gasteiger partial charge in [-0.3, -0.25) is 19.3 Å². The number of aryl methyl sites for hydroxylation is 2. The van der Waals surface area contributed by atoms with Gasteiger partial charge in [0.15, 0.2) is 27.2 Å². The van der Waals surface area contributed by atoms with Gasteiger partial charge in [0.25, 0.3) is 5.56 Å². The Hall–Kier alpha value is -3.71. The first-order chi connectivity index (χ1) is 19.1. The van der Waals surface area contributed by atoms with Crippen LogP contribution in [0.4, 0.5) is 22.0 Å². The largest absolute Gasteiger partial charge is 0.434 e. The Morgan fingerprint density at radius 1 is 1.05 bits per heavy atom. The summed E-state index contributed by atoms with van der Waals surface area (Å²) < 4.78 is 95.4. The number of hydrogen-bond acceptors (Lipinski definition) is 6. The molecule has 41 heavy (non-hydrogen) atoms. The molecule has 0 bridgehead atoms. The van der Waals surface area contributed by atoms with Crippen LogP contribution in [0, 0.1) is 25.5 Å². The Morgan fingerprint density at radius 3 is 2.41 bits per heavy atom. The van der Waals surface area contributed by atoms with Gasteiger partial charge in [-0.05, 0) is 55.5 Å². The normalized spacial score (nSPS) is 17.1. The Labute approximate surface area is 235 Å². The number of sulfone groups is 1. The van der Waals surface area contributed by atoms with E-state index in [1.165, 1.54) is 38.4 Å². The molecule has 1 aliphatic rings. The second-order valence-corrected chi connectivity index (χ2v) is 12.2. The maximum atomic E-state index is 16.0. The van der Waals surface area contributed by atoms with Crippen molar-refractivity contribution in [2.24, 2.45) is 0 Å². The molecular weight excluding hydrogens is 591 g/mol. The van der Waals surface area contributed by atoms with E-state index in [1.54, 1.807) is 6.07 Å². The van der Waals surface area contributed by atoms with E-state index in [9.17, 15) is 26.4 Å². The molecule has 1 aliphatic carbocycles. The summed E-state index contributed by atoms with van der Waals surface area (Å²) in [6, 6.07) is 5.01. The van der Waals surface area contributed by atoms with Crippen molar-refractivity contribution in [1.82, 2.24) is 19.5 Å². The van der Waals surface area contributed by atoms with Crippen molar-refractivity contribution in [3.63, 3.8) is 0 Å². The van der Waals surface area contributed by atoms with Gasteiger partial charge in [-0.2, -0.15) is 13.2 Å². The van der Waals surface area contributed by atoms with Gasteiger partial charge in [-0.15, -0.1) is 0 Å². The predicted octanol–water partition coefficient (Wildman–Crippen LogP) is 5.93. The zero-order valence-electron chi connectivity index (χ0n) is 21.6. The molecule has 1 unspecified atom stereocenters. The molecule has 0 amide bonds. The molecule has 2 atom stereocenters. The molecule has 5 rings (SSSR count). The highest BCUT2D eigenvalue weighted by Crippen LogP contribution is 2.55. The summed E-state index contributed by atoms with van der Waals surface area (Å²) in [6.45, 7) is 3.00. The van der Waals surface area contributed by atoms with E-state index in [0.717, 1.165) is 16.9 Å². The van der Waals surface area contributed by atoms with Crippen LogP contribution in [-0.4, -0.2) is 34.2 Å². The van der Waals surface area contributed by atoms with E-state index in [4.69, 9.17) is 11.6 Å². The van der Waals surface area contributed by atoms with E-state index >= 15 is 8.78 Å². The minimum Gasteiger partial charge on any atom is -0.277 e. The van der Waals surface area contributed by atoms with Crippen LogP contribution in [0.25, 0.3) is 16.9 Å². The molecule has 7 nitrogen and oxygen atoms in total. The van der Waals surface area contributed by atoms with Gasteiger partial charge in [-0.1, -0.05) is 17.7 Å². The lowest BCUT2D eigenvalue weighted by molar-refractivity contribution is -0.141. The van der Waals surface area contributed by atoms with E-state index in [-0.39, 0.29) is 27.7 Å². The molecule has 0 radical (unpaired) electrons. The van der Waals surface area contributed by atoms with Crippen molar-refractivity contribution in [3.8, 4) is 16.9 Å². The quantitative estimate of drug-likeness (QED) is 0.260. The number of hydrogen-bond donors (Lipinski definition) is 0. The van der Waals surface area contributed by atoms with Crippen LogP contribution in [0.3, 0.4) is 0 Å². The van der Waals surface area contributed by atoms with Gasteiger partial charge in [0.1, 0.15) is 15.6 Å². The molecule has 1 aromatic carbocycles. The molecule has 214 valence electrons. The summed E-state index contributed by atoms with van der Waals surface area (Å²) in [5.41, 5.74) is -2.16. The number of benzene rings is 1. The van der Waals surface area contributed by atoms with Crippen molar-refractivity contribution in [1.29, 1.82) is 0 Å². The summed E-state index contributed by atoms with van der Waals surface area (Å²) in [5.74, 6) is -3.13. The Bertz CT molecular complexity index is 1890. The highest BCUT2D eigenvalue weighted by molar-refractivity contribution is 7.90.